The van der Waals surface area contributed by atoms with Gasteiger partial charge in [-0.1, -0.05) is 4.98 Å². The molecule has 0 aliphatic heterocycles. The van der Waals surface area contributed by atoms with E-state index in [1.54, 1.807) is 0 Å². The predicted octanol–water partition coefficient (Wildman–Crippen LogP) is -0.119. The average Bonchev–Trinajstić information content (AvgIpc) is 2.33. The van der Waals surface area contributed by atoms with Crippen molar-refractivity contribution in [3.05, 3.63) is 22.5 Å². The van der Waals surface area contributed by atoms with Crippen molar-refractivity contribution in [1.29, 1.82) is 0 Å². The van der Waals surface area contributed by atoms with Crippen molar-refractivity contribution in [2.75, 3.05) is 5.43 Å². The lowest BCUT2D eigenvalue weighted by Gasteiger charge is -1.98. The third-order valence-corrected chi connectivity index (χ3v) is 1.06. The van der Waals surface area contributed by atoms with E-state index in [4.69, 9.17) is 0 Å². The molecule has 1 aromatic heterocycles. The summed E-state index contributed by atoms with van der Waals surface area (Å²) in [6.45, 7) is 1.25. The van der Waals surface area contributed by atoms with Crippen LogP contribution in [0.3, 0.4) is 0 Å². The molecule has 0 aliphatic carbocycles. The van der Waals surface area contributed by atoms with E-state index in [0.29, 0.717) is 0 Å². The lowest BCUT2D eigenvalue weighted by molar-refractivity contribution is -0.396. The minimum absolute atomic E-state index is 0.392. The molecule has 1 amide bonds. The van der Waals surface area contributed by atoms with Crippen LogP contribution in [0.15, 0.2) is 12.4 Å². The second-order valence-corrected chi connectivity index (χ2v) is 2.02. The normalized spacial score (nSPS) is 9.42. The summed E-state index contributed by atoms with van der Waals surface area (Å²) in [6.07, 6.45) is 2.52. The monoisotopic (exact) mass is 170 g/mol. The van der Waals surface area contributed by atoms with Crippen LogP contribution in [0.1, 0.15) is 6.92 Å². The van der Waals surface area contributed by atoms with Crippen LogP contribution in [0.5, 0.6) is 0 Å². The number of aromatic nitrogens is 2. The molecule has 0 aliphatic rings. The lowest BCUT2D eigenvalue weighted by atomic mass is 10.7. The molecule has 0 saturated heterocycles. The van der Waals surface area contributed by atoms with Gasteiger partial charge in [0.25, 0.3) is 0 Å². The molecule has 0 radical (unpaired) electrons. The molecule has 0 atom stereocenters. The number of rotatable bonds is 2. The Morgan fingerprint density at radius 1 is 1.83 bits per heavy atom. The van der Waals surface area contributed by atoms with Gasteiger partial charge in [0.2, 0.25) is 5.91 Å². The second-order valence-electron chi connectivity index (χ2n) is 2.02. The van der Waals surface area contributed by atoms with E-state index in [9.17, 15) is 14.9 Å². The first-order valence-corrected chi connectivity index (χ1v) is 3.06. The Morgan fingerprint density at radius 2 is 2.50 bits per heavy atom. The molecule has 7 heteroatoms. The van der Waals surface area contributed by atoms with Crippen LogP contribution in [0.25, 0.3) is 0 Å². The van der Waals surface area contributed by atoms with E-state index in [-0.39, 0.29) is 0 Å². The number of nitro groups is 1. The number of hydrogen-bond donors (Lipinski definition) is 1. The summed E-state index contributed by atoms with van der Waals surface area (Å²) >= 11 is 0. The Balaban J connectivity index is 2.91. The molecule has 0 fully saturated rings. The van der Waals surface area contributed by atoms with Crippen molar-refractivity contribution < 1.29 is 9.72 Å². The van der Waals surface area contributed by atoms with Crippen LogP contribution in [0.4, 0.5) is 5.95 Å². The van der Waals surface area contributed by atoms with E-state index >= 15 is 0 Å². The van der Waals surface area contributed by atoms with Gasteiger partial charge in [-0.25, -0.2) is 5.43 Å². The highest BCUT2D eigenvalue weighted by molar-refractivity contribution is 5.81. The van der Waals surface area contributed by atoms with Crippen LogP contribution in [-0.4, -0.2) is 20.5 Å². The molecule has 12 heavy (non-hydrogen) atoms. The Bertz CT molecular complexity index is 318. The molecule has 0 unspecified atom stereocenters. The number of carbonyl (C=O) groups excluding carboxylic acids is 1. The minimum Gasteiger partial charge on any atom is -0.390 e. The molecular formula is C5H6N4O3. The first-order valence-electron chi connectivity index (χ1n) is 3.06. The third-order valence-electron chi connectivity index (χ3n) is 1.06. The Hall–Kier alpha value is -1.92. The maximum Gasteiger partial charge on any atom is 0.456 e. The van der Waals surface area contributed by atoms with Crippen molar-refractivity contribution in [3.63, 3.8) is 0 Å². The standard InChI is InChI=1S/C5H6N4O3/c1-4(10)7-8-3-2-6-5(8)9(11)12/h2-3H,1H3,(H,7,10). The van der Waals surface area contributed by atoms with Crippen molar-refractivity contribution >= 4 is 11.9 Å². The van der Waals surface area contributed by atoms with E-state index in [0.717, 1.165) is 4.68 Å². The number of hydrogen-bond acceptors (Lipinski definition) is 4. The largest absolute Gasteiger partial charge is 0.456 e. The predicted molar refractivity (Wildman–Crippen MR) is 38.9 cm³/mol. The fraction of sp³-hybridized carbons (Fsp3) is 0.200. The molecule has 1 heterocycles. The van der Waals surface area contributed by atoms with Gasteiger partial charge in [-0.2, -0.15) is 0 Å². The molecule has 7 nitrogen and oxygen atoms in total. The van der Waals surface area contributed by atoms with Crippen LogP contribution < -0.4 is 5.43 Å². The minimum atomic E-state index is -0.685. The van der Waals surface area contributed by atoms with Gasteiger partial charge >= 0.3 is 5.95 Å². The Kier molecular flexibility index (Phi) is 2.04. The number of nitrogens with one attached hydrogen (secondary N) is 1. The van der Waals surface area contributed by atoms with Gasteiger partial charge < -0.3 is 10.1 Å². The van der Waals surface area contributed by atoms with Gasteiger partial charge in [0.15, 0.2) is 0 Å². The van der Waals surface area contributed by atoms with Gasteiger partial charge in [-0.05, 0) is 4.92 Å². The fourth-order valence-corrected chi connectivity index (χ4v) is 0.688. The highest BCUT2D eigenvalue weighted by atomic mass is 16.6. The quantitative estimate of drug-likeness (QED) is 0.494. The lowest BCUT2D eigenvalue weighted by Crippen LogP contribution is -2.20. The first-order chi connectivity index (χ1) is 5.61. The van der Waals surface area contributed by atoms with Crippen LogP contribution >= 0.6 is 0 Å². The molecule has 0 aromatic carbocycles. The van der Waals surface area contributed by atoms with Crippen molar-refractivity contribution in [1.82, 2.24) is 9.66 Å². The summed E-state index contributed by atoms with van der Waals surface area (Å²) < 4.78 is 0.947. The van der Waals surface area contributed by atoms with Gasteiger partial charge in [0.1, 0.15) is 12.4 Å². The molecular weight excluding hydrogens is 164 g/mol. The first kappa shape index (κ1) is 8.18. The molecule has 1 rings (SSSR count). The number of nitrogens with zero attached hydrogens (tertiary/aromatic N) is 3. The average molecular weight is 170 g/mol. The summed E-state index contributed by atoms with van der Waals surface area (Å²) in [5, 5.41) is 10.2. The van der Waals surface area contributed by atoms with E-state index in [2.05, 4.69) is 10.4 Å². The van der Waals surface area contributed by atoms with Crippen molar-refractivity contribution in [2.24, 2.45) is 0 Å². The highest BCUT2D eigenvalue weighted by Crippen LogP contribution is 2.03. The maximum atomic E-state index is 10.5. The van der Waals surface area contributed by atoms with E-state index in [1.807, 2.05) is 0 Å². The van der Waals surface area contributed by atoms with Gasteiger partial charge in [0, 0.05) is 6.92 Å². The van der Waals surface area contributed by atoms with Crippen molar-refractivity contribution in [2.45, 2.75) is 6.92 Å². The number of amides is 1. The van der Waals surface area contributed by atoms with Crippen LogP contribution in [-0.2, 0) is 4.79 Å². The maximum absolute atomic E-state index is 10.5. The Labute approximate surface area is 67.1 Å². The van der Waals surface area contributed by atoms with Crippen molar-refractivity contribution in [3.8, 4) is 0 Å². The molecule has 1 N–H and O–H groups in total. The van der Waals surface area contributed by atoms with E-state index < -0.39 is 16.8 Å². The second kappa shape index (κ2) is 2.99. The zero-order valence-electron chi connectivity index (χ0n) is 6.22. The highest BCUT2D eigenvalue weighted by Gasteiger charge is 2.14. The van der Waals surface area contributed by atoms with Crippen LogP contribution in [0, 0.1) is 10.1 Å². The zero-order chi connectivity index (χ0) is 9.14. The van der Waals surface area contributed by atoms with Gasteiger partial charge in [-0.3, -0.25) is 4.79 Å². The molecule has 0 saturated carbocycles. The summed E-state index contributed by atoms with van der Waals surface area (Å²) in [5.74, 6) is -0.804. The number of carbonyl (C=O) groups is 1. The summed E-state index contributed by atoms with van der Waals surface area (Å²) in [7, 11) is 0. The molecule has 0 spiro atoms. The van der Waals surface area contributed by atoms with E-state index in [1.165, 1.54) is 19.3 Å². The summed E-state index contributed by atoms with van der Waals surface area (Å²) in [6, 6.07) is 0. The van der Waals surface area contributed by atoms with Gasteiger partial charge in [0.05, 0.1) is 0 Å². The summed E-state index contributed by atoms with van der Waals surface area (Å²) in [5.41, 5.74) is 2.21. The Morgan fingerprint density at radius 3 is 3.00 bits per heavy atom. The summed E-state index contributed by atoms with van der Waals surface area (Å²) in [4.78, 5) is 23.5. The third kappa shape index (κ3) is 1.57. The van der Waals surface area contributed by atoms with Gasteiger partial charge in [-0.15, -0.1) is 4.68 Å². The zero-order valence-corrected chi connectivity index (χ0v) is 6.22. The fourth-order valence-electron chi connectivity index (χ4n) is 0.688. The van der Waals surface area contributed by atoms with Crippen LogP contribution in [0.2, 0.25) is 0 Å². The molecule has 1 aromatic rings. The molecule has 0 bridgehead atoms. The molecule has 64 valence electrons. The number of imidazole rings is 1. The SMILES string of the molecule is CC(=O)Nn1ccnc1[N+](=O)[O-]. The topological polar surface area (TPSA) is 90.1 Å². The smallest absolute Gasteiger partial charge is 0.390 e.